The van der Waals surface area contributed by atoms with Crippen molar-refractivity contribution in [2.75, 3.05) is 11.9 Å². The Labute approximate surface area is 119 Å². The molecule has 0 spiro atoms. The number of nitrogens with one attached hydrogen (secondary N) is 2. The van der Waals surface area contributed by atoms with E-state index in [0.29, 0.717) is 12.1 Å². The summed E-state index contributed by atoms with van der Waals surface area (Å²) in [5, 5.41) is 17.6. The van der Waals surface area contributed by atoms with E-state index in [0.717, 1.165) is 18.7 Å². The zero-order valence-corrected chi connectivity index (χ0v) is 12.0. The van der Waals surface area contributed by atoms with Gasteiger partial charge in [0.2, 0.25) is 0 Å². The predicted octanol–water partition coefficient (Wildman–Crippen LogP) is 3.32. The SMILES string of the molecule is CC(CC1CCCCCN1)Nc1ccc([N+](=O)[O-])cc1. The highest BCUT2D eigenvalue weighted by atomic mass is 16.6. The molecule has 1 fully saturated rings. The third kappa shape index (κ3) is 4.49. The van der Waals surface area contributed by atoms with Crippen LogP contribution in [0, 0.1) is 10.1 Å². The fraction of sp³-hybridized carbons (Fsp3) is 0.600. The summed E-state index contributed by atoms with van der Waals surface area (Å²) in [4.78, 5) is 10.2. The number of nitro groups is 1. The van der Waals surface area contributed by atoms with Crippen molar-refractivity contribution in [3.8, 4) is 0 Å². The maximum absolute atomic E-state index is 10.6. The Hall–Kier alpha value is -1.62. The molecule has 1 aromatic rings. The first-order chi connectivity index (χ1) is 9.65. The molecule has 0 saturated carbocycles. The number of benzene rings is 1. The second-order valence-electron chi connectivity index (χ2n) is 5.59. The third-order valence-corrected chi connectivity index (χ3v) is 3.79. The highest BCUT2D eigenvalue weighted by Crippen LogP contribution is 2.18. The molecule has 5 nitrogen and oxygen atoms in total. The largest absolute Gasteiger partial charge is 0.383 e. The van der Waals surface area contributed by atoms with Gasteiger partial charge in [-0.2, -0.15) is 0 Å². The Morgan fingerprint density at radius 1 is 1.35 bits per heavy atom. The van der Waals surface area contributed by atoms with Crippen LogP contribution in [0.25, 0.3) is 0 Å². The zero-order valence-electron chi connectivity index (χ0n) is 12.0. The van der Waals surface area contributed by atoms with Gasteiger partial charge in [0.1, 0.15) is 0 Å². The van der Waals surface area contributed by atoms with E-state index >= 15 is 0 Å². The van der Waals surface area contributed by atoms with Crippen LogP contribution in [0.1, 0.15) is 39.0 Å². The van der Waals surface area contributed by atoms with E-state index in [2.05, 4.69) is 17.6 Å². The van der Waals surface area contributed by atoms with Gasteiger partial charge in [0, 0.05) is 29.9 Å². The molecule has 0 amide bonds. The van der Waals surface area contributed by atoms with Crippen molar-refractivity contribution in [2.45, 2.75) is 51.1 Å². The summed E-state index contributed by atoms with van der Waals surface area (Å²) in [7, 11) is 0. The van der Waals surface area contributed by atoms with Gasteiger partial charge in [-0.3, -0.25) is 10.1 Å². The van der Waals surface area contributed by atoms with Crippen molar-refractivity contribution in [3.05, 3.63) is 34.4 Å². The molecule has 1 heterocycles. The summed E-state index contributed by atoms with van der Waals surface area (Å²) in [5.41, 5.74) is 1.07. The predicted molar refractivity (Wildman–Crippen MR) is 81.1 cm³/mol. The normalized spacial score (nSPS) is 20.9. The van der Waals surface area contributed by atoms with Crippen molar-refractivity contribution in [1.82, 2.24) is 5.32 Å². The van der Waals surface area contributed by atoms with Gasteiger partial charge >= 0.3 is 0 Å². The van der Waals surface area contributed by atoms with Gasteiger partial charge in [-0.05, 0) is 44.9 Å². The Balaban J connectivity index is 1.83. The van der Waals surface area contributed by atoms with Crippen LogP contribution in [-0.4, -0.2) is 23.6 Å². The van der Waals surface area contributed by atoms with Gasteiger partial charge in [-0.25, -0.2) is 0 Å². The van der Waals surface area contributed by atoms with Gasteiger partial charge in [0.25, 0.3) is 5.69 Å². The Morgan fingerprint density at radius 2 is 2.10 bits per heavy atom. The van der Waals surface area contributed by atoms with Crippen LogP contribution < -0.4 is 10.6 Å². The zero-order chi connectivity index (χ0) is 14.4. The summed E-state index contributed by atoms with van der Waals surface area (Å²) in [6.07, 6.45) is 6.24. The molecule has 1 aliphatic heterocycles. The quantitative estimate of drug-likeness (QED) is 0.640. The number of non-ortho nitro benzene ring substituents is 1. The van der Waals surface area contributed by atoms with E-state index in [1.165, 1.54) is 25.7 Å². The second kappa shape index (κ2) is 7.24. The van der Waals surface area contributed by atoms with Crippen LogP contribution in [-0.2, 0) is 0 Å². The fourth-order valence-corrected chi connectivity index (χ4v) is 2.75. The summed E-state index contributed by atoms with van der Waals surface area (Å²) >= 11 is 0. The molecule has 0 aromatic heterocycles. The van der Waals surface area contributed by atoms with Crippen molar-refractivity contribution < 1.29 is 4.92 Å². The molecule has 1 aromatic carbocycles. The van der Waals surface area contributed by atoms with Crippen molar-refractivity contribution in [2.24, 2.45) is 0 Å². The number of nitrogens with zero attached hydrogens (tertiary/aromatic N) is 1. The molecule has 2 N–H and O–H groups in total. The van der Waals surface area contributed by atoms with Gasteiger partial charge in [0.15, 0.2) is 0 Å². The van der Waals surface area contributed by atoms with E-state index in [-0.39, 0.29) is 10.6 Å². The Bertz CT molecular complexity index is 425. The minimum Gasteiger partial charge on any atom is -0.383 e. The molecular formula is C15H23N3O2. The maximum Gasteiger partial charge on any atom is 0.269 e. The standard InChI is InChI=1S/C15H23N3O2/c1-12(11-14-5-3-2-4-10-16-14)17-13-6-8-15(9-7-13)18(19)20/h6-9,12,14,16-17H,2-5,10-11H2,1H3. The lowest BCUT2D eigenvalue weighted by Crippen LogP contribution is -2.33. The lowest BCUT2D eigenvalue weighted by atomic mass is 10.0. The van der Waals surface area contributed by atoms with Gasteiger partial charge < -0.3 is 10.6 Å². The molecule has 5 heteroatoms. The molecule has 20 heavy (non-hydrogen) atoms. The van der Waals surface area contributed by atoms with Crippen LogP contribution in [0.15, 0.2) is 24.3 Å². The van der Waals surface area contributed by atoms with E-state index in [1.54, 1.807) is 24.3 Å². The van der Waals surface area contributed by atoms with Crippen LogP contribution in [0.3, 0.4) is 0 Å². The minimum absolute atomic E-state index is 0.133. The summed E-state index contributed by atoms with van der Waals surface area (Å²) in [5.74, 6) is 0. The third-order valence-electron chi connectivity index (χ3n) is 3.79. The number of hydrogen-bond donors (Lipinski definition) is 2. The van der Waals surface area contributed by atoms with E-state index in [1.807, 2.05) is 0 Å². The molecule has 0 aliphatic carbocycles. The fourth-order valence-electron chi connectivity index (χ4n) is 2.75. The number of hydrogen-bond acceptors (Lipinski definition) is 4. The number of anilines is 1. The summed E-state index contributed by atoms with van der Waals surface area (Å²) in [6.45, 7) is 3.28. The first-order valence-electron chi connectivity index (χ1n) is 7.39. The Kier molecular flexibility index (Phi) is 5.35. The topological polar surface area (TPSA) is 67.2 Å². The van der Waals surface area contributed by atoms with Crippen LogP contribution >= 0.6 is 0 Å². The molecule has 2 unspecified atom stereocenters. The van der Waals surface area contributed by atoms with E-state index < -0.39 is 0 Å². The molecular weight excluding hydrogens is 254 g/mol. The first kappa shape index (κ1) is 14.8. The van der Waals surface area contributed by atoms with Crippen molar-refractivity contribution in [1.29, 1.82) is 0 Å². The first-order valence-corrected chi connectivity index (χ1v) is 7.39. The van der Waals surface area contributed by atoms with Gasteiger partial charge in [0.05, 0.1) is 4.92 Å². The monoisotopic (exact) mass is 277 g/mol. The highest BCUT2D eigenvalue weighted by molar-refractivity contribution is 5.49. The average molecular weight is 277 g/mol. The lowest BCUT2D eigenvalue weighted by molar-refractivity contribution is -0.384. The van der Waals surface area contributed by atoms with E-state index in [9.17, 15) is 10.1 Å². The second-order valence-corrected chi connectivity index (χ2v) is 5.59. The minimum atomic E-state index is -0.372. The lowest BCUT2D eigenvalue weighted by Gasteiger charge is -2.22. The van der Waals surface area contributed by atoms with Crippen LogP contribution in [0.4, 0.5) is 11.4 Å². The van der Waals surface area contributed by atoms with Crippen LogP contribution in [0.2, 0.25) is 0 Å². The molecule has 1 saturated heterocycles. The van der Waals surface area contributed by atoms with Gasteiger partial charge in [-0.15, -0.1) is 0 Å². The molecule has 0 bridgehead atoms. The molecule has 0 radical (unpaired) electrons. The molecule has 1 aliphatic rings. The number of nitro benzene ring substituents is 1. The van der Waals surface area contributed by atoms with Crippen LogP contribution in [0.5, 0.6) is 0 Å². The summed E-state index contributed by atoms with van der Waals surface area (Å²) in [6, 6.07) is 7.56. The molecule has 2 atom stereocenters. The average Bonchev–Trinajstić information content (AvgIpc) is 2.68. The molecule has 110 valence electrons. The maximum atomic E-state index is 10.6. The molecule has 2 rings (SSSR count). The van der Waals surface area contributed by atoms with Crippen molar-refractivity contribution >= 4 is 11.4 Å². The summed E-state index contributed by atoms with van der Waals surface area (Å²) < 4.78 is 0. The highest BCUT2D eigenvalue weighted by Gasteiger charge is 2.15. The number of rotatable bonds is 5. The Morgan fingerprint density at radius 3 is 2.80 bits per heavy atom. The smallest absolute Gasteiger partial charge is 0.269 e. The van der Waals surface area contributed by atoms with Gasteiger partial charge in [-0.1, -0.05) is 12.8 Å². The van der Waals surface area contributed by atoms with E-state index in [4.69, 9.17) is 0 Å². The van der Waals surface area contributed by atoms with Crippen molar-refractivity contribution in [3.63, 3.8) is 0 Å².